The Bertz CT molecular complexity index is 1450. The highest BCUT2D eigenvalue weighted by Gasteiger charge is 2.40. The van der Waals surface area contributed by atoms with Crippen molar-refractivity contribution in [2.45, 2.75) is 18.5 Å². The molecule has 0 aromatic heterocycles. The van der Waals surface area contributed by atoms with Crippen LogP contribution in [-0.4, -0.2) is 33.3 Å². The zero-order valence-electron chi connectivity index (χ0n) is 19.1. The van der Waals surface area contributed by atoms with Gasteiger partial charge in [-0.05, 0) is 41.5 Å². The highest BCUT2D eigenvalue weighted by atomic mass is 35.5. The molecule has 5 rings (SSSR count). The summed E-state index contributed by atoms with van der Waals surface area (Å²) in [6.45, 7) is 0.331. The summed E-state index contributed by atoms with van der Waals surface area (Å²) in [6, 6.07) is 21.4. The summed E-state index contributed by atoms with van der Waals surface area (Å²) in [5.74, 6) is -1.47. The number of hydrazone groups is 1. The van der Waals surface area contributed by atoms with E-state index < -0.39 is 11.5 Å². The third-order valence-corrected chi connectivity index (χ3v) is 6.52. The van der Waals surface area contributed by atoms with Crippen LogP contribution in [-0.2, 0) is 16.1 Å². The minimum atomic E-state index is -1.62. The number of aliphatic carboxylic acids is 1. The second-order valence-electron chi connectivity index (χ2n) is 8.63. The molecule has 1 aliphatic heterocycles. The van der Waals surface area contributed by atoms with E-state index in [0.29, 0.717) is 34.0 Å². The van der Waals surface area contributed by atoms with Gasteiger partial charge >= 0.3 is 5.97 Å². The maximum absolute atomic E-state index is 13.5. The highest BCUT2D eigenvalue weighted by Crippen LogP contribution is 2.36. The van der Waals surface area contributed by atoms with Crippen molar-refractivity contribution in [2.75, 3.05) is 4.90 Å². The van der Waals surface area contributed by atoms with Gasteiger partial charge in [-0.25, -0.2) is 4.79 Å². The van der Waals surface area contributed by atoms with Crippen LogP contribution in [0.3, 0.4) is 0 Å². The first-order valence-corrected chi connectivity index (χ1v) is 11.7. The number of hydrogen-bond donors (Lipinski definition) is 3. The summed E-state index contributed by atoms with van der Waals surface area (Å²) < 4.78 is 0. The van der Waals surface area contributed by atoms with Crippen molar-refractivity contribution < 1.29 is 19.8 Å². The molecule has 0 fully saturated rings. The SMILES string of the molecule is O=C1C(=NNC2(C(=O)O)C=CC=C(c3ccccc3O)C2)c2cc(Cl)ccc2N1Cc1ccccc1. The maximum atomic E-state index is 13.5. The molecule has 1 unspecified atom stereocenters. The molecule has 1 atom stereocenters. The summed E-state index contributed by atoms with van der Waals surface area (Å²) in [5.41, 5.74) is 4.48. The maximum Gasteiger partial charge on any atom is 0.335 e. The number of rotatable bonds is 6. The quantitative estimate of drug-likeness (QED) is 0.425. The molecule has 0 spiro atoms. The Labute approximate surface area is 212 Å². The first kappa shape index (κ1) is 23.4. The molecular weight excluding hydrogens is 478 g/mol. The molecule has 0 saturated heterocycles. The Balaban J connectivity index is 1.48. The smallest absolute Gasteiger partial charge is 0.335 e. The van der Waals surface area contributed by atoms with Gasteiger partial charge in [0.2, 0.25) is 0 Å². The minimum Gasteiger partial charge on any atom is -0.507 e. The fourth-order valence-corrected chi connectivity index (χ4v) is 4.59. The predicted octanol–water partition coefficient (Wildman–Crippen LogP) is 4.75. The molecule has 1 amide bonds. The zero-order chi connectivity index (χ0) is 25.3. The van der Waals surface area contributed by atoms with Crippen molar-refractivity contribution in [2.24, 2.45) is 5.10 Å². The van der Waals surface area contributed by atoms with Gasteiger partial charge in [-0.3, -0.25) is 10.2 Å². The molecule has 0 saturated carbocycles. The second-order valence-corrected chi connectivity index (χ2v) is 9.07. The first-order valence-electron chi connectivity index (χ1n) is 11.3. The van der Waals surface area contributed by atoms with Crippen LogP contribution in [0, 0.1) is 0 Å². The van der Waals surface area contributed by atoms with E-state index in [1.165, 1.54) is 6.08 Å². The molecule has 3 aromatic rings. The van der Waals surface area contributed by atoms with E-state index in [0.717, 1.165) is 5.56 Å². The van der Waals surface area contributed by atoms with Crippen LogP contribution in [0.2, 0.25) is 5.02 Å². The van der Waals surface area contributed by atoms with Crippen molar-refractivity contribution >= 4 is 40.4 Å². The number of carboxylic acids is 1. The molecule has 1 heterocycles. The van der Waals surface area contributed by atoms with Gasteiger partial charge in [0, 0.05) is 22.6 Å². The predicted molar refractivity (Wildman–Crippen MR) is 139 cm³/mol. The van der Waals surface area contributed by atoms with Gasteiger partial charge < -0.3 is 15.1 Å². The Morgan fingerprint density at radius 1 is 1.06 bits per heavy atom. The van der Waals surface area contributed by atoms with E-state index in [-0.39, 0.29) is 23.8 Å². The van der Waals surface area contributed by atoms with Gasteiger partial charge in [0.15, 0.2) is 11.3 Å². The molecule has 7 nitrogen and oxygen atoms in total. The lowest BCUT2D eigenvalue weighted by molar-refractivity contribution is -0.142. The number of nitrogens with one attached hydrogen (secondary N) is 1. The average Bonchev–Trinajstić information content (AvgIpc) is 3.13. The number of amides is 1. The van der Waals surface area contributed by atoms with E-state index in [4.69, 9.17) is 11.6 Å². The number of hydrogen-bond acceptors (Lipinski definition) is 5. The molecule has 8 heteroatoms. The van der Waals surface area contributed by atoms with Gasteiger partial charge in [-0.1, -0.05) is 72.3 Å². The molecule has 0 bridgehead atoms. The number of fused-ring (bicyclic) bond motifs is 1. The number of carbonyl (C=O) groups excluding carboxylic acids is 1. The summed E-state index contributed by atoms with van der Waals surface area (Å²) in [5, 5.41) is 25.2. The Morgan fingerprint density at radius 3 is 2.56 bits per heavy atom. The van der Waals surface area contributed by atoms with Gasteiger partial charge in [-0.2, -0.15) is 5.10 Å². The van der Waals surface area contributed by atoms with Gasteiger partial charge in [0.05, 0.1) is 12.2 Å². The van der Waals surface area contributed by atoms with Crippen LogP contribution in [0.15, 0.2) is 96.1 Å². The number of halogens is 1. The summed E-state index contributed by atoms with van der Waals surface area (Å²) in [6.07, 6.45) is 4.86. The normalized spacial score (nSPS) is 19.8. The summed E-state index contributed by atoms with van der Waals surface area (Å²) in [7, 11) is 0. The summed E-state index contributed by atoms with van der Waals surface area (Å²) in [4.78, 5) is 27.5. The largest absolute Gasteiger partial charge is 0.507 e. The van der Waals surface area contributed by atoms with Crippen LogP contribution in [0.1, 0.15) is 23.1 Å². The lowest BCUT2D eigenvalue weighted by Crippen LogP contribution is -2.49. The van der Waals surface area contributed by atoms with Crippen molar-refractivity contribution in [3.8, 4) is 5.75 Å². The van der Waals surface area contributed by atoms with E-state index in [9.17, 15) is 19.8 Å². The van der Waals surface area contributed by atoms with Crippen LogP contribution < -0.4 is 10.3 Å². The number of carbonyl (C=O) groups is 2. The van der Waals surface area contributed by atoms with E-state index in [1.54, 1.807) is 59.5 Å². The number of nitrogens with zero attached hydrogens (tertiary/aromatic N) is 2. The van der Waals surface area contributed by atoms with Crippen LogP contribution in [0.4, 0.5) is 5.69 Å². The second kappa shape index (κ2) is 9.36. The molecule has 1 aliphatic carbocycles. The summed E-state index contributed by atoms with van der Waals surface area (Å²) >= 11 is 6.23. The number of carboxylic acid groups (broad SMARTS) is 1. The third-order valence-electron chi connectivity index (χ3n) is 6.28. The number of benzene rings is 3. The van der Waals surface area contributed by atoms with Crippen molar-refractivity contribution in [3.05, 3.63) is 113 Å². The van der Waals surface area contributed by atoms with Crippen molar-refractivity contribution in [1.29, 1.82) is 0 Å². The van der Waals surface area contributed by atoms with Crippen LogP contribution in [0.25, 0.3) is 5.57 Å². The standard InChI is InChI=1S/C28H22ClN3O4/c29-20-12-13-23-22(15-20)25(26(34)32(23)17-18-7-2-1-3-8-18)30-31-28(27(35)36)14-6-9-19(16-28)21-10-4-5-11-24(21)33/h1-15,31,33H,16-17H2,(H,35,36). The molecule has 180 valence electrons. The van der Waals surface area contributed by atoms with Gasteiger partial charge in [0.25, 0.3) is 5.91 Å². The molecule has 0 radical (unpaired) electrons. The number of phenolic OH excluding ortho intramolecular Hbond substituents is 1. The lowest BCUT2D eigenvalue weighted by atomic mass is 9.84. The van der Waals surface area contributed by atoms with E-state index in [1.807, 2.05) is 30.3 Å². The molecular formula is C28H22ClN3O4. The third kappa shape index (κ3) is 4.25. The molecule has 3 N–H and O–H groups in total. The zero-order valence-corrected chi connectivity index (χ0v) is 19.8. The van der Waals surface area contributed by atoms with Crippen LogP contribution in [0.5, 0.6) is 5.75 Å². The fraction of sp³-hybridized carbons (Fsp3) is 0.107. The molecule has 3 aromatic carbocycles. The van der Waals surface area contributed by atoms with Crippen LogP contribution >= 0.6 is 11.6 Å². The van der Waals surface area contributed by atoms with E-state index in [2.05, 4.69) is 10.5 Å². The Hall–Kier alpha value is -4.36. The number of para-hydroxylation sites is 1. The fourth-order valence-electron chi connectivity index (χ4n) is 4.42. The molecule has 2 aliphatic rings. The van der Waals surface area contributed by atoms with E-state index >= 15 is 0 Å². The minimum absolute atomic E-state index is 0.0114. The monoisotopic (exact) mass is 499 g/mol. The van der Waals surface area contributed by atoms with Gasteiger partial charge in [0.1, 0.15) is 5.75 Å². The topological polar surface area (TPSA) is 102 Å². The molecule has 36 heavy (non-hydrogen) atoms. The Kier molecular flexibility index (Phi) is 6.08. The average molecular weight is 500 g/mol. The number of phenols is 1. The Morgan fingerprint density at radius 2 is 1.81 bits per heavy atom. The van der Waals surface area contributed by atoms with Crippen molar-refractivity contribution in [1.82, 2.24) is 5.43 Å². The number of anilines is 1. The lowest BCUT2D eigenvalue weighted by Gasteiger charge is -2.29. The number of aromatic hydroxyl groups is 1. The number of allylic oxidation sites excluding steroid dienone is 2. The van der Waals surface area contributed by atoms with Gasteiger partial charge in [-0.15, -0.1) is 0 Å². The first-order chi connectivity index (χ1) is 17.4. The van der Waals surface area contributed by atoms with Crippen molar-refractivity contribution in [3.63, 3.8) is 0 Å². The highest BCUT2D eigenvalue weighted by molar-refractivity contribution is 6.54.